The Morgan fingerprint density at radius 1 is 0.565 bits per heavy atom. The summed E-state index contributed by atoms with van der Waals surface area (Å²) in [6.45, 7) is 9.52. The van der Waals surface area contributed by atoms with Crippen LogP contribution in [0.5, 0.6) is 0 Å². The molecule has 23 heavy (non-hydrogen) atoms. The topological polar surface area (TPSA) is 12.0 Å². The third-order valence-corrected chi connectivity index (χ3v) is 17.1. The van der Waals surface area contributed by atoms with Gasteiger partial charge in [-0.05, 0) is 34.5 Å². The molecule has 0 radical (unpaired) electrons. The summed E-state index contributed by atoms with van der Waals surface area (Å²) in [4.78, 5) is 0. The van der Waals surface area contributed by atoms with Crippen LogP contribution in [-0.4, -0.2) is 16.5 Å². The first kappa shape index (κ1) is 18.2. The van der Waals surface area contributed by atoms with E-state index in [1.54, 1.807) is 10.4 Å². The van der Waals surface area contributed by atoms with Crippen LogP contribution in [0.3, 0.4) is 0 Å². The SMILES string of the molecule is CC[Si](CC)(N[Si](CC)(CC)c1ccccc1)c1ccccc1. The monoisotopic (exact) mass is 341 g/mol. The first-order valence-electron chi connectivity index (χ1n) is 9.06. The van der Waals surface area contributed by atoms with Gasteiger partial charge in [-0.2, -0.15) is 0 Å². The number of nitrogens with one attached hydrogen (secondary N) is 1. The molecule has 0 spiro atoms. The Hall–Kier alpha value is -1.17. The molecule has 0 bridgehead atoms. The highest BCUT2D eigenvalue weighted by molar-refractivity contribution is 7.04. The van der Waals surface area contributed by atoms with Crippen molar-refractivity contribution in [2.75, 3.05) is 0 Å². The van der Waals surface area contributed by atoms with Crippen molar-refractivity contribution in [3.05, 3.63) is 60.7 Å². The molecular weight excluding hydrogens is 310 g/mol. The standard InChI is InChI=1S/C20H31NSi2/c1-5-22(6-2,19-15-11-9-12-16-19)21-23(7-3,8-4)20-17-13-10-14-18-20/h9-18,21H,5-8H2,1-4H3. The fraction of sp³-hybridized carbons (Fsp3) is 0.400. The fourth-order valence-electron chi connectivity index (χ4n) is 3.79. The molecule has 0 unspecified atom stereocenters. The molecule has 3 heteroatoms. The highest BCUT2D eigenvalue weighted by Crippen LogP contribution is 2.20. The van der Waals surface area contributed by atoms with Crippen molar-refractivity contribution < 1.29 is 0 Å². The minimum absolute atomic E-state index is 1.26. The van der Waals surface area contributed by atoms with E-state index in [0.29, 0.717) is 0 Å². The summed E-state index contributed by atoms with van der Waals surface area (Å²) < 4.78 is 4.39. The van der Waals surface area contributed by atoms with Gasteiger partial charge < -0.3 is 4.65 Å². The van der Waals surface area contributed by atoms with Crippen LogP contribution in [0.2, 0.25) is 24.2 Å². The quantitative estimate of drug-likeness (QED) is 0.703. The van der Waals surface area contributed by atoms with Gasteiger partial charge >= 0.3 is 0 Å². The summed E-state index contributed by atoms with van der Waals surface area (Å²) in [5, 5.41) is 3.14. The third-order valence-electron chi connectivity index (χ3n) is 5.55. The van der Waals surface area contributed by atoms with Crippen LogP contribution in [0, 0.1) is 0 Å². The molecule has 1 nitrogen and oxygen atoms in total. The number of rotatable bonds is 8. The van der Waals surface area contributed by atoms with Crippen LogP contribution in [0.1, 0.15) is 27.7 Å². The molecule has 0 aromatic heterocycles. The van der Waals surface area contributed by atoms with Crippen LogP contribution in [0.15, 0.2) is 60.7 Å². The number of benzene rings is 2. The first-order chi connectivity index (χ1) is 11.2. The van der Waals surface area contributed by atoms with E-state index in [2.05, 4.69) is 93.0 Å². The van der Waals surface area contributed by atoms with E-state index in [0.717, 1.165) is 0 Å². The molecule has 1 N–H and O–H groups in total. The highest BCUT2D eigenvalue weighted by atomic mass is 28.4. The average Bonchev–Trinajstić information content (AvgIpc) is 2.65. The van der Waals surface area contributed by atoms with Gasteiger partial charge in [0, 0.05) is 0 Å². The van der Waals surface area contributed by atoms with Gasteiger partial charge in [0.2, 0.25) is 0 Å². The van der Waals surface area contributed by atoms with Gasteiger partial charge in [-0.3, -0.25) is 0 Å². The first-order valence-corrected chi connectivity index (χ1v) is 13.9. The average molecular weight is 342 g/mol. The molecule has 2 rings (SSSR count). The summed E-state index contributed by atoms with van der Waals surface area (Å²) in [6, 6.07) is 27.5. The minimum Gasteiger partial charge on any atom is -0.352 e. The van der Waals surface area contributed by atoms with E-state index in [4.69, 9.17) is 0 Å². The lowest BCUT2D eigenvalue weighted by atomic mass is 10.4. The van der Waals surface area contributed by atoms with E-state index in [-0.39, 0.29) is 0 Å². The summed E-state index contributed by atoms with van der Waals surface area (Å²) in [5.74, 6) is 0. The molecule has 0 heterocycles. The summed E-state index contributed by atoms with van der Waals surface area (Å²) >= 11 is 0. The maximum absolute atomic E-state index is 4.39. The molecule has 0 saturated carbocycles. The molecule has 0 fully saturated rings. The zero-order chi connectivity index (χ0) is 16.8. The minimum atomic E-state index is -1.67. The van der Waals surface area contributed by atoms with Crippen molar-refractivity contribution >= 4 is 26.8 Å². The van der Waals surface area contributed by atoms with E-state index >= 15 is 0 Å². The smallest absolute Gasteiger partial charge is 0.150 e. The summed E-state index contributed by atoms with van der Waals surface area (Å²) in [7, 11) is -3.34. The normalized spacial score (nSPS) is 12.3. The van der Waals surface area contributed by atoms with Gasteiger partial charge in [0.25, 0.3) is 0 Å². The maximum Gasteiger partial charge on any atom is 0.150 e. The van der Waals surface area contributed by atoms with Gasteiger partial charge in [-0.15, -0.1) is 0 Å². The lowest BCUT2D eigenvalue weighted by Crippen LogP contribution is -2.73. The highest BCUT2D eigenvalue weighted by Gasteiger charge is 2.42. The Morgan fingerprint density at radius 2 is 0.870 bits per heavy atom. The Labute approximate surface area is 144 Å². The van der Waals surface area contributed by atoms with Gasteiger partial charge in [-0.25, -0.2) is 0 Å². The van der Waals surface area contributed by atoms with Gasteiger partial charge in [0.15, 0.2) is 16.5 Å². The molecule has 2 aromatic carbocycles. The fourth-order valence-corrected chi connectivity index (χ4v) is 15.7. The van der Waals surface area contributed by atoms with Crippen molar-refractivity contribution in [2.24, 2.45) is 0 Å². The molecule has 0 aliphatic rings. The number of hydrogen-bond donors (Lipinski definition) is 1. The Kier molecular flexibility index (Phi) is 6.39. The molecular formula is C20H31NSi2. The second kappa shape index (κ2) is 8.09. The molecule has 0 aliphatic carbocycles. The lowest BCUT2D eigenvalue weighted by molar-refractivity contribution is 1.11. The zero-order valence-electron chi connectivity index (χ0n) is 15.1. The zero-order valence-corrected chi connectivity index (χ0v) is 17.1. The van der Waals surface area contributed by atoms with E-state index in [9.17, 15) is 0 Å². The van der Waals surface area contributed by atoms with Crippen LogP contribution in [-0.2, 0) is 0 Å². The Bertz CT molecular complexity index is 522. The molecule has 0 atom stereocenters. The molecule has 0 aliphatic heterocycles. The van der Waals surface area contributed by atoms with E-state index in [1.165, 1.54) is 24.2 Å². The molecule has 124 valence electrons. The Morgan fingerprint density at radius 3 is 1.13 bits per heavy atom. The van der Waals surface area contributed by atoms with Crippen LogP contribution in [0.25, 0.3) is 0 Å². The Balaban J connectivity index is 2.48. The number of hydrogen-bond acceptors (Lipinski definition) is 1. The molecule has 0 saturated heterocycles. The predicted octanol–water partition coefficient (Wildman–Crippen LogP) is 4.36. The largest absolute Gasteiger partial charge is 0.352 e. The van der Waals surface area contributed by atoms with Gasteiger partial charge in [0.1, 0.15) is 0 Å². The van der Waals surface area contributed by atoms with E-state index < -0.39 is 16.5 Å². The van der Waals surface area contributed by atoms with E-state index in [1.807, 2.05) is 0 Å². The lowest BCUT2D eigenvalue weighted by Gasteiger charge is -2.42. The molecule has 0 amide bonds. The van der Waals surface area contributed by atoms with Crippen LogP contribution in [0.4, 0.5) is 0 Å². The van der Waals surface area contributed by atoms with Crippen molar-refractivity contribution in [1.29, 1.82) is 0 Å². The van der Waals surface area contributed by atoms with Crippen LogP contribution >= 0.6 is 0 Å². The summed E-state index contributed by atoms with van der Waals surface area (Å²) in [6.07, 6.45) is 0. The second-order valence-electron chi connectivity index (χ2n) is 6.44. The van der Waals surface area contributed by atoms with Gasteiger partial charge in [-0.1, -0.05) is 88.4 Å². The van der Waals surface area contributed by atoms with Crippen molar-refractivity contribution in [3.63, 3.8) is 0 Å². The van der Waals surface area contributed by atoms with Crippen molar-refractivity contribution in [2.45, 2.75) is 51.9 Å². The van der Waals surface area contributed by atoms with Gasteiger partial charge in [0.05, 0.1) is 0 Å². The van der Waals surface area contributed by atoms with Crippen molar-refractivity contribution in [3.8, 4) is 0 Å². The maximum atomic E-state index is 4.39. The van der Waals surface area contributed by atoms with Crippen molar-refractivity contribution in [1.82, 2.24) is 4.65 Å². The predicted molar refractivity (Wildman–Crippen MR) is 109 cm³/mol. The second-order valence-corrected chi connectivity index (χ2v) is 15.7. The summed E-state index contributed by atoms with van der Waals surface area (Å²) in [5.41, 5.74) is 0. The van der Waals surface area contributed by atoms with Crippen LogP contribution < -0.4 is 15.0 Å². The third kappa shape index (κ3) is 3.68. The molecule has 2 aromatic rings.